The van der Waals surface area contributed by atoms with E-state index in [0.29, 0.717) is 34.0 Å². The Kier molecular flexibility index (Phi) is 6.77. The van der Waals surface area contributed by atoms with Crippen LogP contribution >= 0.6 is 0 Å². The predicted molar refractivity (Wildman–Crippen MR) is 123 cm³/mol. The van der Waals surface area contributed by atoms with Gasteiger partial charge in [-0.05, 0) is 30.3 Å². The van der Waals surface area contributed by atoms with Gasteiger partial charge in [-0.15, -0.1) is 0 Å². The Morgan fingerprint density at radius 3 is 1.74 bits per heavy atom. The molecule has 0 aliphatic carbocycles. The Hall–Kier alpha value is -4.00. The maximum Gasteiger partial charge on any atom is 0.255 e. The second kappa shape index (κ2) is 9.67. The highest BCUT2D eigenvalue weighted by molar-refractivity contribution is 6.07. The summed E-state index contributed by atoms with van der Waals surface area (Å²) in [5, 5.41) is 5.68. The molecule has 160 valence electrons. The molecule has 2 N–H and O–H groups in total. The van der Waals surface area contributed by atoms with Crippen molar-refractivity contribution in [3.05, 3.63) is 77.9 Å². The average Bonchev–Trinajstić information content (AvgIpc) is 2.80. The zero-order valence-corrected chi connectivity index (χ0v) is 17.9. The summed E-state index contributed by atoms with van der Waals surface area (Å²) in [6, 6.07) is 19.4. The fourth-order valence-electron chi connectivity index (χ4n) is 3.00. The van der Waals surface area contributed by atoms with Crippen molar-refractivity contribution >= 4 is 28.9 Å². The molecule has 0 saturated heterocycles. The first-order valence-electron chi connectivity index (χ1n) is 9.64. The van der Waals surface area contributed by atoms with Crippen molar-refractivity contribution in [2.75, 3.05) is 43.8 Å². The van der Waals surface area contributed by atoms with Gasteiger partial charge in [-0.1, -0.05) is 24.3 Å². The summed E-state index contributed by atoms with van der Waals surface area (Å²) in [5.74, 6) is 0.215. The number of nitrogens with one attached hydrogen (secondary N) is 2. The first-order valence-corrected chi connectivity index (χ1v) is 9.64. The highest BCUT2D eigenvalue weighted by Crippen LogP contribution is 2.37. The number of hydrogen-bond acceptors (Lipinski definition) is 5. The van der Waals surface area contributed by atoms with Crippen molar-refractivity contribution in [3.63, 3.8) is 0 Å². The number of nitrogens with zero attached hydrogens (tertiary/aromatic N) is 1. The molecule has 0 aliphatic heterocycles. The Morgan fingerprint density at radius 2 is 1.23 bits per heavy atom. The molecule has 7 heteroatoms. The molecule has 3 rings (SSSR count). The largest absolute Gasteiger partial charge is 0.494 e. The van der Waals surface area contributed by atoms with Crippen LogP contribution in [0.4, 0.5) is 17.1 Å². The van der Waals surface area contributed by atoms with Crippen LogP contribution in [0.25, 0.3) is 0 Å². The van der Waals surface area contributed by atoms with Crippen LogP contribution in [0.3, 0.4) is 0 Å². The summed E-state index contributed by atoms with van der Waals surface area (Å²) < 4.78 is 10.9. The van der Waals surface area contributed by atoms with Crippen molar-refractivity contribution in [1.82, 2.24) is 0 Å². The van der Waals surface area contributed by atoms with Crippen LogP contribution < -0.4 is 25.0 Å². The molecular formula is C24H25N3O4. The molecule has 0 atom stereocenters. The van der Waals surface area contributed by atoms with Gasteiger partial charge in [0, 0.05) is 43.0 Å². The van der Waals surface area contributed by atoms with Gasteiger partial charge in [0.2, 0.25) is 0 Å². The van der Waals surface area contributed by atoms with E-state index in [1.807, 2.05) is 37.2 Å². The Balaban J connectivity index is 1.87. The Labute approximate surface area is 181 Å². The summed E-state index contributed by atoms with van der Waals surface area (Å²) >= 11 is 0. The van der Waals surface area contributed by atoms with E-state index in [2.05, 4.69) is 10.6 Å². The molecule has 0 fully saturated rings. The first kappa shape index (κ1) is 21.7. The minimum atomic E-state index is -0.287. The number of rotatable bonds is 7. The molecule has 0 aliphatic rings. The van der Waals surface area contributed by atoms with Gasteiger partial charge < -0.3 is 25.0 Å². The van der Waals surface area contributed by atoms with E-state index >= 15 is 0 Å². The molecule has 0 bridgehead atoms. The zero-order chi connectivity index (χ0) is 22.4. The van der Waals surface area contributed by atoms with Crippen molar-refractivity contribution in [2.45, 2.75) is 0 Å². The van der Waals surface area contributed by atoms with Crippen molar-refractivity contribution in [2.24, 2.45) is 0 Å². The molecule has 0 spiro atoms. The minimum Gasteiger partial charge on any atom is -0.494 e. The second-order valence-corrected chi connectivity index (χ2v) is 6.97. The lowest BCUT2D eigenvalue weighted by atomic mass is 10.1. The Morgan fingerprint density at radius 1 is 0.710 bits per heavy atom. The first-order chi connectivity index (χ1) is 14.9. The summed E-state index contributed by atoms with van der Waals surface area (Å²) in [5.41, 5.74) is 2.80. The standard InChI is InChI=1S/C24H25N3O4/c1-27(2)18-12-8-11-17(13-18)24(29)26-20-15-21(30-3)19(14-22(20)31-4)25-23(28)16-9-6-5-7-10-16/h5-15H,1-4H3,(H,25,28)(H,26,29). The molecule has 0 aromatic heterocycles. The fraction of sp³-hybridized carbons (Fsp3) is 0.167. The van der Waals surface area contributed by atoms with Crippen molar-refractivity contribution < 1.29 is 19.1 Å². The van der Waals surface area contributed by atoms with Gasteiger partial charge in [-0.3, -0.25) is 9.59 Å². The second-order valence-electron chi connectivity index (χ2n) is 6.97. The number of ether oxygens (including phenoxy) is 2. The summed E-state index contributed by atoms with van der Waals surface area (Å²) in [4.78, 5) is 27.3. The lowest BCUT2D eigenvalue weighted by molar-refractivity contribution is 0.101. The number of benzene rings is 3. The van der Waals surface area contributed by atoms with Gasteiger partial charge in [0.15, 0.2) is 0 Å². The van der Waals surface area contributed by atoms with Crippen LogP contribution in [0.5, 0.6) is 11.5 Å². The van der Waals surface area contributed by atoms with E-state index in [0.717, 1.165) is 5.69 Å². The van der Waals surface area contributed by atoms with Crippen LogP contribution in [0.1, 0.15) is 20.7 Å². The fourth-order valence-corrected chi connectivity index (χ4v) is 3.00. The average molecular weight is 419 g/mol. The van der Waals surface area contributed by atoms with E-state index in [1.54, 1.807) is 48.5 Å². The third kappa shape index (κ3) is 5.14. The van der Waals surface area contributed by atoms with Crippen molar-refractivity contribution in [1.29, 1.82) is 0 Å². The third-order valence-electron chi connectivity index (χ3n) is 4.68. The highest BCUT2D eigenvalue weighted by Gasteiger charge is 2.17. The van der Waals surface area contributed by atoms with Crippen LogP contribution in [0, 0.1) is 0 Å². The molecule has 0 unspecified atom stereocenters. The molecule has 0 radical (unpaired) electrons. The molecule has 2 amide bonds. The summed E-state index contributed by atoms with van der Waals surface area (Å²) in [6.07, 6.45) is 0. The lowest BCUT2D eigenvalue weighted by Crippen LogP contribution is -2.16. The molecule has 31 heavy (non-hydrogen) atoms. The predicted octanol–water partition coefficient (Wildman–Crippen LogP) is 4.27. The highest BCUT2D eigenvalue weighted by atomic mass is 16.5. The van der Waals surface area contributed by atoms with Crippen LogP contribution in [0.15, 0.2) is 66.7 Å². The Bertz CT molecular complexity index is 1080. The normalized spacial score (nSPS) is 10.2. The number of hydrogen-bond donors (Lipinski definition) is 2. The number of amides is 2. The van der Waals surface area contributed by atoms with Gasteiger partial charge in [0.05, 0.1) is 25.6 Å². The quantitative estimate of drug-likeness (QED) is 0.598. The number of methoxy groups -OCH3 is 2. The van der Waals surface area contributed by atoms with E-state index in [1.165, 1.54) is 14.2 Å². The summed E-state index contributed by atoms with van der Waals surface area (Å²) in [7, 11) is 6.81. The van der Waals surface area contributed by atoms with E-state index < -0.39 is 0 Å². The molecule has 3 aromatic carbocycles. The molecule has 0 heterocycles. The van der Waals surface area contributed by atoms with Gasteiger partial charge >= 0.3 is 0 Å². The van der Waals surface area contributed by atoms with Gasteiger partial charge in [0.1, 0.15) is 11.5 Å². The third-order valence-corrected chi connectivity index (χ3v) is 4.68. The molecule has 7 nitrogen and oxygen atoms in total. The van der Waals surface area contributed by atoms with Gasteiger partial charge in [-0.2, -0.15) is 0 Å². The number of carbonyl (C=O) groups excluding carboxylic acids is 2. The van der Waals surface area contributed by atoms with E-state index in [4.69, 9.17) is 9.47 Å². The lowest BCUT2D eigenvalue weighted by Gasteiger charge is -2.17. The van der Waals surface area contributed by atoms with Crippen LogP contribution in [-0.2, 0) is 0 Å². The van der Waals surface area contributed by atoms with Gasteiger partial charge in [0.25, 0.3) is 11.8 Å². The monoisotopic (exact) mass is 419 g/mol. The topological polar surface area (TPSA) is 79.9 Å². The molecular weight excluding hydrogens is 394 g/mol. The SMILES string of the molecule is COc1cc(NC(=O)c2cccc(N(C)C)c2)c(OC)cc1NC(=O)c1ccccc1. The molecule has 0 saturated carbocycles. The van der Waals surface area contributed by atoms with Crippen LogP contribution in [0.2, 0.25) is 0 Å². The van der Waals surface area contributed by atoms with Crippen molar-refractivity contribution in [3.8, 4) is 11.5 Å². The zero-order valence-electron chi connectivity index (χ0n) is 17.9. The number of carbonyl (C=O) groups is 2. The van der Waals surface area contributed by atoms with Gasteiger partial charge in [-0.25, -0.2) is 0 Å². The maximum atomic E-state index is 12.8. The van der Waals surface area contributed by atoms with Crippen LogP contribution in [-0.4, -0.2) is 40.1 Å². The molecule has 3 aromatic rings. The minimum absolute atomic E-state index is 0.279. The maximum absolute atomic E-state index is 12.8. The van der Waals surface area contributed by atoms with E-state index in [9.17, 15) is 9.59 Å². The smallest absolute Gasteiger partial charge is 0.255 e. The van der Waals surface area contributed by atoms with E-state index in [-0.39, 0.29) is 11.8 Å². The number of anilines is 3. The summed E-state index contributed by atoms with van der Waals surface area (Å²) in [6.45, 7) is 0.